The van der Waals surface area contributed by atoms with Crippen LogP contribution in [-0.2, 0) is 11.2 Å². The van der Waals surface area contributed by atoms with Gasteiger partial charge in [-0.3, -0.25) is 4.79 Å². The lowest BCUT2D eigenvalue weighted by atomic mass is 10.0. The van der Waals surface area contributed by atoms with Crippen LogP contribution in [0, 0.1) is 0 Å². The van der Waals surface area contributed by atoms with Gasteiger partial charge < -0.3 is 5.73 Å². The minimum absolute atomic E-state index is 0.292. The van der Waals surface area contributed by atoms with E-state index < -0.39 is 0 Å². The fourth-order valence-electron chi connectivity index (χ4n) is 2.50. The third-order valence-electron chi connectivity index (χ3n) is 3.76. The molecule has 1 aromatic rings. The van der Waals surface area contributed by atoms with Crippen molar-refractivity contribution in [2.75, 3.05) is 5.73 Å². The van der Waals surface area contributed by atoms with Crippen LogP contribution in [0.15, 0.2) is 5.38 Å². The molecule has 3 nitrogen and oxygen atoms in total. The van der Waals surface area contributed by atoms with Gasteiger partial charge in [-0.1, -0.05) is 64.7 Å². The maximum Gasteiger partial charge on any atom is 0.180 e. The van der Waals surface area contributed by atoms with E-state index in [0.717, 1.165) is 12.1 Å². The first kappa shape index (κ1) is 18.1. The molecular weight excluding hydrogens is 280 g/mol. The summed E-state index contributed by atoms with van der Waals surface area (Å²) in [5.74, 6) is 0.292. The van der Waals surface area contributed by atoms with E-state index in [1.165, 1.54) is 69.1 Å². The average molecular weight is 311 g/mol. The number of hydrogen-bond acceptors (Lipinski definition) is 4. The van der Waals surface area contributed by atoms with Gasteiger partial charge in [0.2, 0.25) is 0 Å². The Bertz CT molecular complexity index is 390. The first-order valence-electron chi connectivity index (χ1n) is 8.44. The highest BCUT2D eigenvalue weighted by Gasteiger charge is 2.06. The van der Waals surface area contributed by atoms with E-state index in [-0.39, 0.29) is 0 Å². The van der Waals surface area contributed by atoms with Gasteiger partial charge in [-0.15, -0.1) is 11.3 Å². The smallest absolute Gasteiger partial charge is 0.180 e. The van der Waals surface area contributed by atoms with Gasteiger partial charge in [0.1, 0.15) is 5.78 Å². The Labute approximate surface area is 133 Å². The fraction of sp³-hybridized carbons (Fsp3) is 0.765. The number of rotatable bonds is 13. The number of nitrogens with two attached hydrogens (primary N) is 1. The molecule has 0 saturated carbocycles. The lowest BCUT2D eigenvalue weighted by molar-refractivity contribution is -0.118. The summed E-state index contributed by atoms with van der Waals surface area (Å²) in [5.41, 5.74) is 6.39. The number of unbranched alkanes of at least 4 members (excludes halogenated alkanes) is 9. The normalized spacial score (nSPS) is 10.9. The summed E-state index contributed by atoms with van der Waals surface area (Å²) in [6, 6.07) is 0. The van der Waals surface area contributed by atoms with Gasteiger partial charge in [-0.25, -0.2) is 4.98 Å². The Morgan fingerprint density at radius 3 is 2.14 bits per heavy atom. The van der Waals surface area contributed by atoms with E-state index in [2.05, 4.69) is 11.9 Å². The second-order valence-corrected chi connectivity index (χ2v) is 6.71. The van der Waals surface area contributed by atoms with E-state index in [1.807, 2.05) is 5.38 Å². The Morgan fingerprint density at radius 1 is 1.05 bits per heavy atom. The highest BCUT2D eigenvalue weighted by Crippen LogP contribution is 2.14. The second-order valence-electron chi connectivity index (χ2n) is 5.82. The summed E-state index contributed by atoms with van der Waals surface area (Å²) >= 11 is 1.41. The molecule has 0 aliphatic carbocycles. The molecule has 0 unspecified atom stereocenters. The zero-order valence-corrected chi connectivity index (χ0v) is 14.2. The molecular formula is C17H30N2OS. The van der Waals surface area contributed by atoms with Crippen molar-refractivity contribution in [1.29, 1.82) is 0 Å². The van der Waals surface area contributed by atoms with Gasteiger partial charge in [0.25, 0.3) is 0 Å². The van der Waals surface area contributed by atoms with Crippen LogP contribution >= 0.6 is 11.3 Å². The van der Waals surface area contributed by atoms with Gasteiger partial charge >= 0.3 is 0 Å². The molecule has 0 aromatic carbocycles. The predicted molar refractivity (Wildman–Crippen MR) is 91.7 cm³/mol. The van der Waals surface area contributed by atoms with Crippen LogP contribution < -0.4 is 5.73 Å². The van der Waals surface area contributed by atoms with Crippen LogP contribution in [0.1, 0.15) is 83.2 Å². The number of ketones is 1. The molecule has 0 aliphatic rings. The average Bonchev–Trinajstić information content (AvgIpc) is 2.86. The molecule has 0 spiro atoms. The number of thiazole rings is 1. The summed E-state index contributed by atoms with van der Waals surface area (Å²) in [4.78, 5) is 15.9. The van der Waals surface area contributed by atoms with Crippen LogP contribution in [0.25, 0.3) is 0 Å². The minimum atomic E-state index is 0.292. The van der Waals surface area contributed by atoms with Crippen molar-refractivity contribution in [2.45, 2.75) is 84.0 Å². The Kier molecular flexibility index (Phi) is 10.1. The highest BCUT2D eigenvalue weighted by atomic mass is 32.1. The maximum absolute atomic E-state index is 11.8. The molecule has 21 heavy (non-hydrogen) atoms. The first-order valence-corrected chi connectivity index (χ1v) is 9.32. The Balaban J connectivity index is 1.88. The summed E-state index contributed by atoms with van der Waals surface area (Å²) < 4.78 is 0. The van der Waals surface area contributed by atoms with E-state index in [0.29, 0.717) is 23.8 Å². The van der Waals surface area contributed by atoms with Crippen molar-refractivity contribution in [3.05, 3.63) is 11.1 Å². The Hall–Kier alpha value is -0.900. The number of aromatic nitrogens is 1. The van der Waals surface area contributed by atoms with Crippen molar-refractivity contribution in [1.82, 2.24) is 4.98 Å². The molecule has 4 heteroatoms. The standard InChI is InChI=1S/C17H30N2OS/c1-2-3-4-5-6-7-8-9-10-11-12-16(20)13-15-14-21-17(18)19-15/h14H,2-13H2,1H3,(H2,18,19). The monoisotopic (exact) mass is 310 g/mol. The van der Waals surface area contributed by atoms with Crippen LogP contribution in [0.2, 0.25) is 0 Å². The lowest BCUT2D eigenvalue weighted by Gasteiger charge is -2.02. The molecule has 0 atom stereocenters. The van der Waals surface area contributed by atoms with Crippen molar-refractivity contribution in [2.24, 2.45) is 0 Å². The molecule has 0 radical (unpaired) electrons. The lowest BCUT2D eigenvalue weighted by Crippen LogP contribution is -2.03. The topological polar surface area (TPSA) is 56.0 Å². The van der Waals surface area contributed by atoms with E-state index in [4.69, 9.17) is 5.73 Å². The zero-order valence-electron chi connectivity index (χ0n) is 13.4. The molecule has 0 bridgehead atoms. The second kappa shape index (κ2) is 11.7. The summed E-state index contributed by atoms with van der Waals surface area (Å²) in [6.45, 7) is 2.25. The molecule has 1 heterocycles. The minimum Gasteiger partial charge on any atom is -0.375 e. The number of carbonyl (C=O) groups is 1. The van der Waals surface area contributed by atoms with Crippen LogP contribution in [0.3, 0.4) is 0 Å². The summed E-state index contributed by atoms with van der Waals surface area (Å²) in [7, 11) is 0. The van der Waals surface area contributed by atoms with Gasteiger partial charge in [-0.05, 0) is 6.42 Å². The number of carbonyl (C=O) groups excluding carboxylic acids is 1. The molecule has 0 fully saturated rings. The van der Waals surface area contributed by atoms with Gasteiger partial charge in [0.15, 0.2) is 5.13 Å². The molecule has 0 aliphatic heterocycles. The largest absolute Gasteiger partial charge is 0.375 e. The molecule has 0 amide bonds. The van der Waals surface area contributed by atoms with Crippen molar-refractivity contribution in [3.63, 3.8) is 0 Å². The Morgan fingerprint density at radius 2 is 1.62 bits per heavy atom. The van der Waals surface area contributed by atoms with Crippen molar-refractivity contribution >= 4 is 22.3 Å². The van der Waals surface area contributed by atoms with Crippen LogP contribution in [0.5, 0.6) is 0 Å². The van der Waals surface area contributed by atoms with Gasteiger partial charge in [0.05, 0.1) is 5.69 Å². The van der Waals surface area contributed by atoms with E-state index in [9.17, 15) is 4.79 Å². The summed E-state index contributed by atoms with van der Waals surface area (Å²) in [5, 5.41) is 2.43. The number of Topliss-reactive ketones (excluding diaryl/α,β-unsaturated/α-hetero) is 1. The number of hydrogen-bond donors (Lipinski definition) is 1. The van der Waals surface area contributed by atoms with Crippen LogP contribution in [0.4, 0.5) is 5.13 Å². The zero-order chi connectivity index (χ0) is 15.3. The number of nitrogen functional groups attached to an aromatic ring is 1. The molecule has 0 saturated heterocycles. The maximum atomic E-state index is 11.8. The third kappa shape index (κ3) is 9.62. The van der Waals surface area contributed by atoms with E-state index >= 15 is 0 Å². The molecule has 2 N–H and O–H groups in total. The van der Waals surface area contributed by atoms with Crippen molar-refractivity contribution in [3.8, 4) is 0 Å². The highest BCUT2D eigenvalue weighted by molar-refractivity contribution is 7.13. The number of anilines is 1. The summed E-state index contributed by atoms with van der Waals surface area (Å²) in [6.07, 6.45) is 14.2. The molecule has 1 aromatic heterocycles. The number of nitrogens with zero attached hydrogens (tertiary/aromatic N) is 1. The van der Waals surface area contributed by atoms with E-state index in [1.54, 1.807) is 0 Å². The SMILES string of the molecule is CCCCCCCCCCCCC(=O)Cc1csc(N)n1. The van der Waals surface area contributed by atoms with Crippen molar-refractivity contribution < 1.29 is 4.79 Å². The quantitative estimate of drug-likeness (QED) is 0.513. The van der Waals surface area contributed by atoms with Gasteiger partial charge in [0, 0.05) is 18.2 Å². The van der Waals surface area contributed by atoms with Gasteiger partial charge in [-0.2, -0.15) is 0 Å². The predicted octanol–water partition coefficient (Wildman–Crippen LogP) is 5.15. The molecule has 1 rings (SSSR count). The fourth-order valence-corrected chi connectivity index (χ4v) is 3.07. The van der Waals surface area contributed by atoms with Crippen LogP contribution in [-0.4, -0.2) is 10.8 Å². The third-order valence-corrected chi connectivity index (χ3v) is 4.48. The molecule has 120 valence electrons. The first-order chi connectivity index (χ1) is 10.2.